The van der Waals surface area contributed by atoms with Crippen LogP contribution in [0.1, 0.15) is 12.8 Å². The highest BCUT2D eigenvalue weighted by Crippen LogP contribution is 2.12. The molecule has 0 aliphatic carbocycles. The quantitative estimate of drug-likeness (QED) is 0.581. The lowest BCUT2D eigenvalue weighted by Crippen LogP contribution is -2.22. The Bertz CT molecular complexity index is 241. The minimum atomic E-state index is -0.578. The lowest BCUT2D eigenvalue weighted by Gasteiger charge is -1.98. The van der Waals surface area contributed by atoms with E-state index in [9.17, 15) is 4.79 Å². The number of carbonyl (C=O) groups is 1. The average molecular weight is 153 g/mol. The van der Waals surface area contributed by atoms with Crippen LogP contribution in [-0.2, 0) is 9.63 Å². The molecular weight excluding hydrogens is 146 g/mol. The smallest absolute Gasteiger partial charge is 0.266 e. The van der Waals surface area contributed by atoms with Gasteiger partial charge >= 0.3 is 0 Å². The molecule has 1 atom stereocenters. The molecule has 0 aromatic carbocycles. The lowest BCUT2D eigenvalue weighted by molar-refractivity contribution is -0.112. The van der Waals surface area contributed by atoms with Crippen molar-refractivity contribution >= 4 is 11.6 Å². The van der Waals surface area contributed by atoms with Gasteiger partial charge in [-0.2, -0.15) is 5.26 Å². The Kier molecular flexibility index (Phi) is 2.06. The molecule has 1 rings (SSSR count). The summed E-state index contributed by atoms with van der Waals surface area (Å²) in [6.07, 6.45) is 0.297. The van der Waals surface area contributed by atoms with E-state index in [0.717, 1.165) is 0 Å². The minimum absolute atomic E-state index is 0.213. The summed E-state index contributed by atoms with van der Waals surface area (Å²) in [5, 5.41) is 11.7. The van der Waals surface area contributed by atoms with Crippen molar-refractivity contribution in [1.29, 1.82) is 5.26 Å². The fourth-order valence-electron chi connectivity index (χ4n) is 0.785. The maximum Gasteiger partial charge on any atom is 0.266 e. The van der Waals surface area contributed by atoms with Crippen LogP contribution in [0.2, 0.25) is 0 Å². The molecule has 0 bridgehead atoms. The molecule has 0 aromatic rings. The molecule has 5 heteroatoms. The third-order valence-electron chi connectivity index (χ3n) is 1.34. The summed E-state index contributed by atoms with van der Waals surface area (Å²) in [6.45, 7) is 0. The Hall–Kier alpha value is -1.57. The molecule has 0 fully saturated rings. The van der Waals surface area contributed by atoms with Gasteiger partial charge in [0, 0.05) is 6.42 Å². The van der Waals surface area contributed by atoms with Crippen LogP contribution >= 0.6 is 0 Å². The molecule has 11 heavy (non-hydrogen) atoms. The van der Waals surface area contributed by atoms with Gasteiger partial charge in [-0.15, -0.1) is 0 Å². The number of nitrogens with zero attached hydrogens (tertiary/aromatic N) is 2. The van der Waals surface area contributed by atoms with Crippen LogP contribution < -0.4 is 5.73 Å². The van der Waals surface area contributed by atoms with Gasteiger partial charge in [0.1, 0.15) is 11.8 Å². The van der Waals surface area contributed by atoms with Crippen molar-refractivity contribution in [2.45, 2.75) is 18.9 Å². The van der Waals surface area contributed by atoms with Crippen molar-refractivity contribution in [3.8, 4) is 6.07 Å². The monoisotopic (exact) mass is 153 g/mol. The normalized spacial score (nSPS) is 21.7. The van der Waals surface area contributed by atoms with Gasteiger partial charge in [-0.1, -0.05) is 5.16 Å². The predicted molar refractivity (Wildman–Crippen MR) is 36.3 cm³/mol. The van der Waals surface area contributed by atoms with Gasteiger partial charge in [-0.25, -0.2) is 0 Å². The summed E-state index contributed by atoms with van der Waals surface area (Å²) in [4.78, 5) is 15.2. The summed E-state index contributed by atoms with van der Waals surface area (Å²) >= 11 is 0. The Labute approximate surface area is 63.4 Å². The van der Waals surface area contributed by atoms with E-state index in [1.54, 1.807) is 0 Å². The van der Waals surface area contributed by atoms with Gasteiger partial charge in [-0.3, -0.25) is 4.79 Å². The van der Waals surface area contributed by atoms with Gasteiger partial charge in [0.15, 0.2) is 0 Å². The Balaban J connectivity index is 2.44. The molecule has 1 unspecified atom stereocenters. The first-order chi connectivity index (χ1) is 5.24. The number of amides is 1. The van der Waals surface area contributed by atoms with Crippen LogP contribution in [0, 0.1) is 11.3 Å². The number of rotatable bonds is 2. The van der Waals surface area contributed by atoms with Gasteiger partial charge in [0.05, 0.1) is 12.5 Å². The number of carbonyl (C=O) groups excluding carboxylic acids is 1. The van der Waals surface area contributed by atoms with Gasteiger partial charge in [0.2, 0.25) is 0 Å². The largest absolute Gasteiger partial charge is 0.391 e. The van der Waals surface area contributed by atoms with Crippen LogP contribution in [-0.4, -0.2) is 17.7 Å². The van der Waals surface area contributed by atoms with E-state index >= 15 is 0 Å². The average Bonchev–Trinajstić information content (AvgIpc) is 2.37. The topological polar surface area (TPSA) is 88.5 Å². The molecule has 0 saturated heterocycles. The van der Waals surface area contributed by atoms with Gasteiger partial charge < -0.3 is 10.6 Å². The van der Waals surface area contributed by atoms with E-state index in [4.69, 9.17) is 15.8 Å². The molecule has 2 N–H and O–H groups in total. The van der Waals surface area contributed by atoms with E-state index in [0.29, 0.717) is 6.42 Å². The Morgan fingerprint density at radius 2 is 2.73 bits per heavy atom. The van der Waals surface area contributed by atoms with Crippen LogP contribution in [0.3, 0.4) is 0 Å². The second-order valence-corrected chi connectivity index (χ2v) is 2.20. The van der Waals surface area contributed by atoms with E-state index in [-0.39, 0.29) is 18.2 Å². The fourth-order valence-corrected chi connectivity index (χ4v) is 0.785. The highest BCUT2D eigenvalue weighted by Gasteiger charge is 2.23. The zero-order valence-electron chi connectivity index (χ0n) is 5.78. The third kappa shape index (κ3) is 1.67. The number of nitrogens with two attached hydrogens (primary N) is 1. The number of oxime groups is 1. The third-order valence-corrected chi connectivity index (χ3v) is 1.34. The van der Waals surface area contributed by atoms with E-state index in [1.165, 1.54) is 0 Å². The molecule has 1 amide bonds. The molecule has 1 heterocycles. The van der Waals surface area contributed by atoms with E-state index in [2.05, 4.69) is 5.16 Å². The minimum Gasteiger partial charge on any atom is -0.391 e. The van der Waals surface area contributed by atoms with Crippen molar-refractivity contribution < 1.29 is 9.63 Å². The van der Waals surface area contributed by atoms with Crippen LogP contribution in [0.25, 0.3) is 0 Å². The SMILES string of the molecule is N#CCC1CC(C(N)=O)=NO1. The van der Waals surface area contributed by atoms with Crippen molar-refractivity contribution in [2.24, 2.45) is 10.9 Å². The number of hydrogen-bond acceptors (Lipinski definition) is 4. The zero-order chi connectivity index (χ0) is 8.27. The predicted octanol–water partition coefficient (Wildman–Crippen LogP) is -0.470. The molecule has 0 radical (unpaired) electrons. The van der Waals surface area contributed by atoms with Gasteiger partial charge in [-0.05, 0) is 0 Å². The highest BCUT2D eigenvalue weighted by atomic mass is 16.6. The molecule has 0 spiro atoms. The Morgan fingerprint density at radius 3 is 3.18 bits per heavy atom. The first-order valence-electron chi connectivity index (χ1n) is 3.13. The molecule has 0 saturated carbocycles. The zero-order valence-corrected chi connectivity index (χ0v) is 5.78. The summed E-state index contributed by atoms with van der Waals surface area (Å²) < 4.78 is 0. The first kappa shape index (κ1) is 7.54. The van der Waals surface area contributed by atoms with Crippen LogP contribution in [0.15, 0.2) is 5.16 Å². The number of primary amides is 1. The fraction of sp³-hybridized carbons (Fsp3) is 0.500. The molecule has 5 nitrogen and oxygen atoms in total. The molecule has 1 aliphatic heterocycles. The second-order valence-electron chi connectivity index (χ2n) is 2.20. The summed E-state index contributed by atoms with van der Waals surface area (Å²) in [5.41, 5.74) is 5.14. The highest BCUT2D eigenvalue weighted by molar-refractivity contribution is 6.38. The van der Waals surface area contributed by atoms with Gasteiger partial charge in [0.25, 0.3) is 5.91 Å². The number of hydrogen-bond donors (Lipinski definition) is 1. The standard InChI is InChI=1S/C6H7N3O2/c7-2-1-4-3-5(6(8)10)9-11-4/h4H,1,3H2,(H2,8,10). The molecule has 1 aliphatic rings. The van der Waals surface area contributed by atoms with E-state index in [1.807, 2.05) is 6.07 Å². The van der Waals surface area contributed by atoms with E-state index < -0.39 is 5.91 Å². The Morgan fingerprint density at radius 1 is 2.00 bits per heavy atom. The van der Waals surface area contributed by atoms with Crippen molar-refractivity contribution in [3.63, 3.8) is 0 Å². The van der Waals surface area contributed by atoms with Crippen molar-refractivity contribution in [3.05, 3.63) is 0 Å². The second kappa shape index (κ2) is 3.01. The summed E-state index contributed by atoms with van der Waals surface area (Å²) in [7, 11) is 0. The number of nitriles is 1. The summed E-state index contributed by atoms with van der Waals surface area (Å²) in [5.74, 6) is -0.578. The van der Waals surface area contributed by atoms with Crippen molar-refractivity contribution in [1.82, 2.24) is 0 Å². The summed E-state index contributed by atoms with van der Waals surface area (Å²) in [6, 6.07) is 1.92. The molecular formula is C6H7N3O2. The lowest BCUT2D eigenvalue weighted by atomic mass is 10.1. The van der Waals surface area contributed by atoms with Crippen LogP contribution in [0.5, 0.6) is 0 Å². The molecule has 0 aromatic heterocycles. The molecule has 58 valence electrons. The maximum atomic E-state index is 10.5. The maximum absolute atomic E-state index is 10.5. The van der Waals surface area contributed by atoms with Crippen molar-refractivity contribution in [2.75, 3.05) is 0 Å². The first-order valence-corrected chi connectivity index (χ1v) is 3.13. The van der Waals surface area contributed by atoms with Crippen LogP contribution in [0.4, 0.5) is 0 Å².